The molecule has 0 amide bonds. The topological polar surface area (TPSA) is 120 Å². The monoisotopic (exact) mass is 363 g/mol. The molecule has 0 aliphatic carbocycles. The van der Waals surface area contributed by atoms with E-state index in [-0.39, 0.29) is 23.5 Å². The Balaban J connectivity index is 1.69. The molecule has 4 rings (SSSR count). The number of benzene rings is 1. The third-order valence-corrected chi connectivity index (χ3v) is 4.09. The van der Waals surface area contributed by atoms with Crippen LogP contribution in [0.5, 0.6) is 0 Å². The average Bonchev–Trinajstić information content (AvgIpc) is 3.29. The van der Waals surface area contributed by atoms with E-state index in [1.807, 2.05) is 57.3 Å². The van der Waals surface area contributed by atoms with Crippen LogP contribution in [0.25, 0.3) is 23.3 Å². The molecular weight excluding hydrogens is 346 g/mol. The maximum Gasteiger partial charge on any atom is 0.294 e. The van der Waals surface area contributed by atoms with Gasteiger partial charge in [-0.05, 0) is 37.6 Å². The average molecular weight is 363 g/mol. The number of hydrogen-bond acceptors (Lipinski definition) is 9. The van der Waals surface area contributed by atoms with Crippen LogP contribution in [0.1, 0.15) is 11.3 Å². The van der Waals surface area contributed by atoms with E-state index in [9.17, 15) is 0 Å². The number of anilines is 3. The molecule has 0 spiro atoms. The third-order valence-electron chi connectivity index (χ3n) is 4.09. The Kier molecular flexibility index (Phi) is 4.03. The van der Waals surface area contributed by atoms with Crippen LogP contribution in [0.3, 0.4) is 0 Å². The van der Waals surface area contributed by atoms with Gasteiger partial charge in [0.1, 0.15) is 5.76 Å². The molecule has 0 aliphatic rings. The summed E-state index contributed by atoms with van der Waals surface area (Å²) in [6.45, 7) is 3.81. The van der Waals surface area contributed by atoms with E-state index in [4.69, 9.17) is 14.7 Å². The van der Waals surface area contributed by atoms with E-state index >= 15 is 0 Å². The van der Waals surface area contributed by atoms with Gasteiger partial charge in [-0.3, -0.25) is 0 Å². The number of hydrogen-bond donors (Lipinski definition) is 1. The van der Waals surface area contributed by atoms with Gasteiger partial charge in [-0.2, -0.15) is 19.9 Å². The SMILES string of the molecule is Cc1cc(-c2nc(-c3nc(N)nc(N(C)c4ccccc4)n3)no2)oc1C. The maximum absolute atomic E-state index is 5.86. The second kappa shape index (κ2) is 6.52. The van der Waals surface area contributed by atoms with Crippen LogP contribution in [-0.4, -0.2) is 32.1 Å². The van der Waals surface area contributed by atoms with E-state index in [0.29, 0.717) is 11.7 Å². The zero-order valence-electron chi connectivity index (χ0n) is 15.0. The van der Waals surface area contributed by atoms with Gasteiger partial charge in [0, 0.05) is 12.7 Å². The van der Waals surface area contributed by atoms with Gasteiger partial charge in [-0.1, -0.05) is 23.4 Å². The molecule has 0 saturated heterocycles. The zero-order valence-corrected chi connectivity index (χ0v) is 15.0. The number of aryl methyl sites for hydroxylation is 2. The lowest BCUT2D eigenvalue weighted by molar-refractivity contribution is 0.413. The normalized spacial score (nSPS) is 10.9. The van der Waals surface area contributed by atoms with Gasteiger partial charge in [0.05, 0.1) is 0 Å². The molecule has 0 bridgehead atoms. The lowest BCUT2D eigenvalue weighted by Crippen LogP contribution is -2.15. The number of nitrogen functional groups attached to an aromatic ring is 1. The second-order valence-electron chi connectivity index (χ2n) is 5.98. The molecule has 3 aromatic heterocycles. The first-order valence-corrected chi connectivity index (χ1v) is 8.23. The largest absolute Gasteiger partial charge is 0.456 e. The van der Waals surface area contributed by atoms with E-state index < -0.39 is 0 Å². The van der Waals surface area contributed by atoms with Gasteiger partial charge >= 0.3 is 0 Å². The molecule has 136 valence electrons. The van der Waals surface area contributed by atoms with E-state index in [2.05, 4.69) is 25.1 Å². The standard InChI is InChI=1S/C18H17N7O2/c1-10-9-13(26-11(10)2)16-20-15(24-27-16)14-21-17(19)23-18(22-14)25(3)12-7-5-4-6-8-12/h4-9H,1-3H3,(H2,19,21,22,23). The van der Waals surface area contributed by atoms with Crippen molar-refractivity contribution in [1.29, 1.82) is 0 Å². The Morgan fingerprint density at radius 2 is 1.74 bits per heavy atom. The Bertz CT molecular complexity index is 1070. The molecule has 27 heavy (non-hydrogen) atoms. The number of para-hydroxylation sites is 1. The fourth-order valence-corrected chi connectivity index (χ4v) is 2.49. The summed E-state index contributed by atoms with van der Waals surface area (Å²) in [6, 6.07) is 11.5. The summed E-state index contributed by atoms with van der Waals surface area (Å²) in [5, 5.41) is 3.94. The fraction of sp³-hybridized carbons (Fsp3) is 0.167. The van der Waals surface area contributed by atoms with E-state index in [1.54, 1.807) is 4.90 Å². The molecule has 0 aliphatic heterocycles. The van der Waals surface area contributed by atoms with Crippen molar-refractivity contribution < 1.29 is 8.94 Å². The van der Waals surface area contributed by atoms with Crippen molar-refractivity contribution in [3.8, 4) is 23.3 Å². The lowest BCUT2D eigenvalue weighted by atomic mass is 10.3. The van der Waals surface area contributed by atoms with E-state index in [0.717, 1.165) is 17.0 Å². The smallest absolute Gasteiger partial charge is 0.294 e. The Morgan fingerprint density at radius 3 is 2.44 bits per heavy atom. The number of rotatable bonds is 4. The van der Waals surface area contributed by atoms with Gasteiger partial charge in [0.15, 0.2) is 5.76 Å². The van der Waals surface area contributed by atoms with Crippen LogP contribution in [0.15, 0.2) is 45.3 Å². The predicted octanol–water partition coefficient (Wildman–Crippen LogP) is 3.15. The van der Waals surface area contributed by atoms with Crippen LogP contribution in [0.4, 0.5) is 17.6 Å². The highest BCUT2D eigenvalue weighted by atomic mass is 16.5. The van der Waals surface area contributed by atoms with Crippen LogP contribution in [0.2, 0.25) is 0 Å². The molecule has 2 N–H and O–H groups in total. The van der Waals surface area contributed by atoms with Crippen molar-refractivity contribution in [3.05, 3.63) is 47.7 Å². The minimum atomic E-state index is 0.0637. The van der Waals surface area contributed by atoms with Crippen LogP contribution in [-0.2, 0) is 0 Å². The molecule has 0 fully saturated rings. The van der Waals surface area contributed by atoms with Crippen molar-refractivity contribution in [2.24, 2.45) is 0 Å². The van der Waals surface area contributed by atoms with Crippen molar-refractivity contribution in [3.63, 3.8) is 0 Å². The van der Waals surface area contributed by atoms with Crippen LogP contribution in [0, 0.1) is 13.8 Å². The summed E-state index contributed by atoms with van der Waals surface area (Å²) >= 11 is 0. The molecule has 0 saturated carbocycles. The van der Waals surface area contributed by atoms with Crippen molar-refractivity contribution >= 4 is 17.6 Å². The quantitative estimate of drug-likeness (QED) is 0.583. The molecular formula is C18H17N7O2. The van der Waals surface area contributed by atoms with Crippen LogP contribution < -0.4 is 10.6 Å². The van der Waals surface area contributed by atoms with Gasteiger partial charge in [0.25, 0.3) is 5.89 Å². The molecule has 0 unspecified atom stereocenters. The number of aromatic nitrogens is 5. The first kappa shape index (κ1) is 16.7. The maximum atomic E-state index is 5.86. The molecule has 9 nitrogen and oxygen atoms in total. The highest BCUT2D eigenvalue weighted by molar-refractivity contribution is 5.59. The first-order valence-electron chi connectivity index (χ1n) is 8.23. The number of furan rings is 1. The van der Waals surface area contributed by atoms with Crippen molar-refractivity contribution in [1.82, 2.24) is 25.1 Å². The third kappa shape index (κ3) is 3.22. The van der Waals surface area contributed by atoms with Gasteiger partial charge < -0.3 is 19.6 Å². The number of nitrogens with zero attached hydrogens (tertiary/aromatic N) is 6. The van der Waals surface area contributed by atoms with Crippen LogP contribution >= 0.6 is 0 Å². The molecule has 9 heteroatoms. The van der Waals surface area contributed by atoms with Crippen molar-refractivity contribution in [2.75, 3.05) is 17.7 Å². The first-order chi connectivity index (χ1) is 13.0. The number of nitrogens with two attached hydrogens (primary N) is 1. The summed E-state index contributed by atoms with van der Waals surface area (Å²) < 4.78 is 10.9. The summed E-state index contributed by atoms with van der Waals surface area (Å²) in [5.74, 6) is 2.39. The summed E-state index contributed by atoms with van der Waals surface area (Å²) in [7, 11) is 1.84. The Morgan fingerprint density at radius 1 is 0.963 bits per heavy atom. The lowest BCUT2D eigenvalue weighted by Gasteiger charge is -2.17. The van der Waals surface area contributed by atoms with Gasteiger partial charge in [-0.15, -0.1) is 0 Å². The van der Waals surface area contributed by atoms with Crippen molar-refractivity contribution in [2.45, 2.75) is 13.8 Å². The molecule has 3 heterocycles. The fourth-order valence-electron chi connectivity index (χ4n) is 2.49. The summed E-state index contributed by atoms with van der Waals surface area (Å²) in [5.41, 5.74) is 7.77. The zero-order chi connectivity index (χ0) is 19.0. The van der Waals surface area contributed by atoms with E-state index in [1.165, 1.54) is 0 Å². The van der Waals surface area contributed by atoms with Gasteiger partial charge in [-0.25, -0.2) is 0 Å². The molecule has 0 radical (unpaired) electrons. The highest BCUT2D eigenvalue weighted by Crippen LogP contribution is 2.26. The van der Waals surface area contributed by atoms with Gasteiger partial charge in [0.2, 0.25) is 23.5 Å². The molecule has 0 atom stereocenters. The summed E-state index contributed by atoms with van der Waals surface area (Å²) in [6.07, 6.45) is 0. The minimum absolute atomic E-state index is 0.0637. The summed E-state index contributed by atoms with van der Waals surface area (Å²) in [4.78, 5) is 18.8. The molecule has 4 aromatic rings. The molecule has 1 aromatic carbocycles. The highest BCUT2D eigenvalue weighted by Gasteiger charge is 2.19. The predicted molar refractivity (Wildman–Crippen MR) is 99.2 cm³/mol. The Hall–Kier alpha value is -3.75. The second-order valence-corrected chi connectivity index (χ2v) is 5.98. The minimum Gasteiger partial charge on any atom is -0.456 e. The Labute approximate surface area is 154 Å².